The van der Waals surface area contributed by atoms with E-state index in [0.29, 0.717) is 16.8 Å². The van der Waals surface area contributed by atoms with Gasteiger partial charge in [-0.3, -0.25) is 9.59 Å². The first-order chi connectivity index (χ1) is 9.47. The molecule has 2 rings (SSSR count). The molecule has 0 saturated heterocycles. The lowest BCUT2D eigenvalue weighted by Gasteiger charge is -2.11. The standard InChI is InChI=1S/C14H13BrN2O2S/c1-17(2)14(19)9-4-3-5-11(6-9)16-13(18)10-7-12(15)20-8-10/h3-8H,1-2H3,(H,16,18). The molecule has 0 aliphatic heterocycles. The number of hydrogen-bond acceptors (Lipinski definition) is 3. The molecule has 0 aliphatic rings. The molecular formula is C14H13BrN2O2S. The lowest BCUT2D eigenvalue weighted by atomic mass is 10.1. The van der Waals surface area contributed by atoms with Crippen LogP contribution in [-0.4, -0.2) is 30.8 Å². The molecule has 4 nitrogen and oxygen atoms in total. The van der Waals surface area contributed by atoms with Crippen LogP contribution in [0, 0.1) is 0 Å². The zero-order valence-corrected chi connectivity index (χ0v) is 13.4. The predicted molar refractivity (Wildman–Crippen MR) is 84.4 cm³/mol. The largest absolute Gasteiger partial charge is 0.345 e. The summed E-state index contributed by atoms with van der Waals surface area (Å²) in [6.07, 6.45) is 0. The van der Waals surface area contributed by atoms with E-state index in [1.807, 2.05) is 0 Å². The third-order valence-electron chi connectivity index (χ3n) is 2.60. The summed E-state index contributed by atoms with van der Waals surface area (Å²) in [6, 6.07) is 8.65. The van der Waals surface area contributed by atoms with Gasteiger partial charge in [0.1, 0.15) is 0 Å². The average Bonchev–Trinajstić information content (AvgIpc) is 2.85. The van der Waals surface area contributed by atoms with Crippen LogP contribution < -0.4 is 5.32 Å². The van der Waals surface area contributed by atoms with Gasteiger partial charge in [-0.25, -0.2) is 0 Å². The molecule has 0 radical (unpaired) electrons. The van der Waals surface area contributed by atoms with Crippen LogP contribution in [0.15, 0.2) is 39.5 Å². The predicted octanol–water partition coefficient (Wildman–Crippen LogP) is 3.46. The maximum atomic E-state index is 12.0. The zero-order valence-electron chi connectivity index (χ0n) is 11.0. The Morgan fingerprint density at radius 3 is 2.55 bits per heavy atom. The van der Waals surface area contributed by atoms with E-state index in [4.69, 9.17) is 0 Å². The minimum Gasteiger partial charge on any atom is -0.345 e. The van der Waals surface area contributed by atoms with Gasteiger partial charge in [0.15, 0.2) is 0 Å². The molecule has 0 unspecified atom stereocenters. The Morgan fingerprint density at radius 1 is 1.20 bits per heavy atom. The SMILES string of the molecule is CN(C)C(=O)c1cccc(NC(=O)c2csc(Br)c2)c1. The number of carbonyl (C=O) groups excluding carboxylic acids is 2. The van der Waals surface area contributed by atoms with E-state index in [9.17, 15) is 9.59 Å². The summed E-state index contributed by atoms with van der Waals surface area (Å²) in [5, 5.41) is 4.55. The van der Waals surface area contributed by atoms with Crippen molar-refractivity contribution >= 4 is 44.8 Å². The van der Waals surface area contributed by atoms with Gasteiger partial charge < -0.3 is 10.2 Å². The molecule has 0 fully saturated rings. The normalized spacial score (nSPS) is 10.2. The van der Waals surface area contributed by atoms with Crippen LogP contribution in [0.1, 0.15) is 20.7 Å². The lowest BCUT2D eigenvalue weighted by molar-refractivity contribution is 0.0827. The van der Waals surface area contributed by atoms with Gasteiger partial charge in [0, 0.05) is 30.7 Å². The number of nitrogens with zero attached hydrogens (tertiary/aromatic N) is 1. The smallest absolute Gasteiger partial charge is 0.256 e. The van der Waals surface area contributed by atoms with Gasteiger partial charge in [-0.1, -0.05) is 6.07 Å². The highest BCUT2D eigenvalue weighted by Gasteiger charge is 2.11. The van der Waals surface area contributed by atoms with Crippen LogP contribution in [0.4, 0.5) is 5.69 Å². The minimum absolute atomic E-state index is 0.0978. The van der Waals surface area contributed by atoms with Crippen LogP contribution in [0.5, 0.6) is 0 Å². The Morgan fingerprint density at radius 2 is 1.95 bits per heavy atom. The molecule has 104 valence electrons. The van der Waals surface area contributed by atoms with Crippen molar-refractivity contribution < 1.29 is 9.59 Å². The van der Waals surface area contributed by atoms with Crippen molar-refractivity contribution in [3.05, 3.63) is 50.6 Å². The van der Waals surface area contributed by atoms with Crippen molar-refractivity contribution in [1.29, 1.82) is 0 Å². The van der Waals surface area contributed by atoms with Gasteiger partial charge >= 0.3 is 0 Å². The van der Waals surface area contributed by atoms with Crippen molar-refractivity contribution in [3.8, 4) is 0 Å². The summed E-state index contributed by atoms with van der Waals surface area (Å²) in [6.45, 7) is 0. The van der Waals surface area contributed by atoms with Gasteiger partial charge in [0.25, 0.3) is 11.8 Å². The first kappa shape index (κ1) is 14.7. The van der Waals surface area contributed by atoms with Crippen LogP contribution in [-0.2, 0) is 0 Å². The van der Waals surface area contributed by atoms with Gasteiger partial charge in [-0.15, -0.1) is 11.3 Å². The summed E-state index contributed by atoms with van der Waals surface area (Å²) in [4.78, 5) is 25.4. The molecule has 1 aromatic carbocycles. The van der Waals surface area contributed by atoms with Crippen molar-refractivity contribution in [3.63, 3.8) is 0 Å². The third kappa shape index (κ3) is 3.46. The summed E-state index contributed by atoms with van der Waals surface area (Å²) in [5.41, 5.74) is 1.73. The quantitative estimate of drug-likeness (QED) is 0.919. The number of carbonyl (C=O) groups is 2. The van der Waals surface area contributed by atoms with E-state index < -0.39 is 0 Å². The van der Waals surface area contributed by atoms with Crippen molar-refractivity contribution in [2.75, 3.05) is 19.4 Å². The Kier molecular flexibility index (Phi) is 4.57. The van der Waals surface area contributed by atoms with E-state index in [-0.39, 0.29) is 11.8 Å². The van der Waals surface area contributed by atoms with Crippen molar-refractivity contribution in [2.24, 2.45) is 0 Å². The number of rotatable bonds is 3. The maximum absolute atomic E-state index is 12.0. The Labute approximate surface area is 129 Å². The molecule has 20 heavy (non-hydrogen) atoms. The third-order valence-corrected chi connectivity index (χ3v) is 4.11. The van der Waals surface area contributed by atoms with E-state index in [1.165, 1.54) is 16.2 Å². The molecule has 6 heteroatoms. The monoisotopic (exact) mass is 352 g/mol. The van der Waals surface area contributed by atoms with E-state index >= 15 is 0 Å². The van der Waals surface area contributed by atoms with Crippen LogP contribution in [0.25, 0.3) is 0 Å². The number of anilines is 1. The number of thiophene rings is 1. The zero-order chi connectivity index (χ0) is 14.7. The second-order valence-corrected chi connectivity index (χ2v) is 6.66. The van der Waals surface area contributed by atoms with Crippen LogP contribution in [0.3, 0.4) is 0 Å². The Bertz CT molecular complexity index is 652. The number of hydrogen-bond donors (Lipinski definition) is 1. The highest BCUT2D eigenvalue weighted by Crippen LogP contribution is 2.21. The first-order valence-corrected chi connectivity index (χ1v) is 7.52. The molecule has 2 amide bonds. The maximum Gasteiger partial charge on any atom is 0.256 e. The molecule has 1 N–H and O–H groups in total. The Hall–Kier alpha value is -1.66. The van der Waals surface area contributed by atoms with Crippen molar-refractivity contribution in [2.45, 2.75) is 0 Å². The highest BCUT2D eigenvalue weighted by molar-refractivity contribution is 9.11. The molecule has 0 bridgehead atoms. The number of benzene rings is 1. The van der Waals surface area contributed by atoms with E-state index in [0.717, 1.165) is 3.79 Å². The van der Waals surface area contributed by atoms with Crippen LogP contribution >= 0.6 is 27.3 Å². The summed E-state index contributed by atoms with van der Waals surface area (Å²) in [5.74, 6) is -0.291. The molecule has 0 spiro atoms. The molecular weight excluding hydrogens is 340 g/mol. The number of halogens is 1. The van der Waals surface area contributed by atoms with E-state index in [1.54, 1.807) is 49.8 Å². The van der Waals surface area contributed by atoms with E-state index in [2.05, 4.69) is 21.2 Å². The summed E-state index contributed by atoms with van der Waals surface area (Å²) in [7, 11) is 3.38. The molecule has 1 heterocycles. The molecule has 2 aromatic rings. The molecule has 0 saturated carbocycles. The molecule has 0 atom stereocenters. The average molecular weight is 353 g/mol. The fourth-order valence-electron chi connectivity index (χ4n) is 1.62. The first-order valence-electron chi connectivity index (χ1n) is 5.84. The second-order valence-electron chi connectivity index (χ2n) is 4.37. The fraction of sp³-hybridized carbons (Fsp3) is 0.143. The van der Waals surface area contributed by atoms with Crippen molar-refractivity contribution in [1.82, 2.24) is 4.90 Å². The number of nitrogens with one attached hydrogen (secondary N) is 1. The topological polar surface area (TPSA) is 49.4 Å². The van der Waals surface area contributed by atoms with Gasteiger partial charge in [0.2, 0.25) is 0 Å². The lowest BCUT2D eigenvalue weighted by Crippen LogP contribution is -2.21. The Balaban J connectivity index is 2.16. The fourth-order valence-corrected chi connectivity index (χ4v) is 2.76. The van der Waals surface area contributed by atoms with Crippen LogP contribution in [0.2, 0.25) is 0 Å². The van der Waals surface area contributed by atoms with Gasteiger partial charge in [-0.2, -0.15) is 0 Å². The number of amides is 2. The molecule has 0 aliphatic carbocycles. The minimum atomic E-state index is -0.193. The molecule has 1 aromatic heterocycles. The van der Waals surface area contributed by atoms with Gasteiger partial charge in [-0.05, 0) is 40.2 Å². The summed E-state index contributed by atoms with van der Waals surface area (Å²) >= 11 is 4.77. The summed E-state index contributed by atoms with van der Waals surface area (Å²) < 4.78 is 0.902. The van der Waals surface area contributed by atoms with Gasteiger partial charge in [0.05, 0.1) is 9.35 Å². The highest BCUT2D eigenvalue weighted by atomic mass is 79.9. The second kappa shape index (κ2) is 6.19.